The highest BCUT2D eigenvalue weighted by Gasteiger charge is 2.46. The van der Waals surface area contributed by atoms with Crippen molar-refractivity contribution in [1.29, 1.82) is 0 Å². The lowest BCUT2D eigenvalue weighted by Gasteiger charge is -2.57. The molecule has 3 aliphatic rings. The molecule has 3 saturated heterocycles. The van der Waals surface area contributed by atoms with E-state index < -0.39 is 0 Å². The number of hydrogen-bond acceptors (Lipinski definition) is 6. The maximum atomic E-state index is 13.5. The number of fused-ring (bicyclic) bond motifs is 3. The van der Waals surface area contributed by atoms with E-state index >= 15 is 0 Å². The quantitative estimate of drug-likeness (QED) is 0.708. The molecule has 1 aromatic carbocycles. The minimum absolute atomic E-state index is 0.272. The second-order valence-electron chi connectivity index (χ2n) is 7.13. The maximum absolute atomic E-state index is 13.5. The average molecular weight is 350 g/mol. The number of halogens is 1. The molecule has 6 nitrogen and oxygen atoms in total. The van der Waals surface area contributed by atoms with E-state index in [1.165, 1.54) is 18.5 Å². The normalized spacial score (nSPS) is 21.8. The number of hydrogen-bond donors (Lipinski definition) is 0. The van der Waals surface area contributed by atoms with Crippen molar-refractivity contribution in [1.82, 2.24) is 19.9 Å². The molecule has 0 aliphatic carbocycles. The first-order valence-corrected chi connectivity index (χ1v) is 8.84. The molecule has 0 N–H and O–H groups in total. The first-order chi connectivity index (χ1) is 12.6. The summed E-state index contributed by atoms with van der Waals surface area (Å²) in [6.07, 6.45) is 2.67. The summed E-state index contributed by atoms with van der Waals surface area (Å²) in [5.41, 5.74) is 1.64. The van der Waals surface area contributed by atoms with Crippen molar-refractivity contribution in [3.8, 4) is 0 Å². The van der Waals surface area contributed by atoms with Gasteiger partial charge in [-0.1, -0.05) is 0 Å². The van der Waals surface area contributed by atoms with Gasteiger partial charge in [-0.15, -0.1) is 0 Å². The van der Waals surface area contributed by atoms with Crippen LogP contribution in [0.1, 0.15) is 17.9 Å². The summed E-state index contributed by atoms with van der Waals surface area (Å²) in [5.74, 6) is 2.44. The van der Waals surface area contributed by atoms with Crippen molar-refractivity contribution in [2.24, 2.45) is 0 Å². The van der Waals surface area contributed by atoms with Gasteiger partial charge in [0.1, 0.15) is 29.6 Å². The number of aryl methyl sites for hydroxylation is 2. The van der Waals surface area contributed by atoms with Gasteiger partial charge in [-0.3, -0.25) is 0 Å². The summed E-state index contributed by atoms with van der Waals surface area (Å²) in [6.45, 7) is 5.74. The lowest BCUT2D eigenvalue weighted by molar-refractivity contribution is 0.288. The van der Waals surface area contributed by atoms with Crippen LogP contribution < -0.4 is 9.80 Å². The van der Waals surface area contributed by atoms with Gasteiger partial charge in [-0.05, 0) is 32.4 Å². The molecule has 7 heteroatoms. The Balaban J connectivity index is 1.45. The predicted molar refractivity (Wildman–Crippen MR) is 97.9 cm³/mol. The minimum Gasteiger partial charge on any atom is -0.352 e. The molecule has 26 heavy (non-hydrogen) atoms. The van der Waals surface area contributed by atoms with Gasteiger partial charge in [-0.25, -0.2) is 24.3 Å². The zero-order chi connectivity index (χ0) is 17.8. The van der Waals surface area contributed by atoms with E-state index in [1.807, 2.05) is 19.9 Å². The van der Waals surface area contributed by atoms with E-state index in [1.54, 1.807) is 6.07 Å². The van der Waals surface area contributed by atoms with Gasteiger partial charge in [-0.2, -0.15) is 0 Å². The number of aromatic nitrogens is 4. The summed E-state index contributed by atoms with van der Waals surface area (Å²) in [5, 5.41) is 0.908. The van der Waals surface area contributed by atoms with Crippen LogP contribution >= 0.6 is 0 Å². The van der Waals surface area contributed by atoms with E-state index in [0.717, 1.165) is 48.1 Å². The van der Waals surface area contributed by atoms with Crippen molar-refractivity contribution >= 4 is 22.5 Å². The summed E-state index contributed by atoms with van der Waals surface area (Å²) in [7, 11) is 0. The number of piperidine rings is 1. The first kappa shape index (κ1) is 15.4. The van der Waals surface area contributed by atoms with E-state index in [2.05, 4.69) is 29.7 Å². The fraction of sp³-hybridized carbons (Fsp3) is 0.368. The van der Waals surface area contributed by atoms with E-state index in [4.69, 9.17) is 0 Å². The summed E-state index contributed by atoms with van der Waals surface area (Å²) >= 11 is 0. The third-order valence-corrected chi connectivity index (χ3v) is 5.29. The van der Waals surface area contributed by atoms with Crippen LogP contribution in [0.15, 0.2) is 30.6 Å². The second kappa shape index (κ2) is 5.59. The van der Waals surface area contributed by atoms with Crippen molar-refractivity contribution in [3.63, 3.8) is 0 Å². The third-order valence-electron chi connectivity index (χ3n) is 5.29. The van der Waals surface area contributed by atoms with Gasteiger partial charge < -0.3 is 9.80 Å². The zero-order valence-electron chi connectivity index (χ0n) is 14.7. The molecule has 2 aromatic heterocycles. The fourth-order valence-corrected chi connectivity index (χ4v) is 4.22. The molecule has 6 rings (SSSR count). The Kier molecular flexibility index (Phi) is 3.32. The van der Waals surface area contributed by atoms with E-state index in [9.17, 15) is 4.39 Å². The molecule has 5 heterocycles. The van der Waals surface area contributed by atoms with Crippen LogP contribution in [0.5, 0.6) is 0 Å². The van der Waals surface area contributed by atoms with Crippen molar-refractivity contribution in [2.45, 2.75) is 32.4 Å². The minimum atomic E-state index is -0.272. The van der Waals surface area contributed by atoms with Gasteiger partial charge in [0.15, 0.2) is 0 Å². The summed E-state index contributed by atoms with van der Waals surface area (Å²) in [4.78, 5) is 22.4. The average Bonchev–Trinajstić information content (AvgIpc) is 2.61. The number of anilines is 2. The molecule has 3 aliphatic heterocycles. The largest absolute Gasteiger partial charge is 0.352 e. The molecule has 0 spiro atoms. The Morgan fingerprint density at radius 1 is 1.04 bits per heavy atom. The maximum Gasteiger partial charge on any atom is 0.140 e. The van der Waals surface area contributed by atoms with Gasteiger partial charge in [0.25, 0.3) is 0 Å². The molecule has 3 aromatic rings. The second-order valence-corrected chi connectivity index (χ2v) is 7.13. The van der Waals surface area contributed by atoms with E-state index in [0.29, 0.717) is 17.6 Å². The van der Waals surface area contributed by atoms with Crippen LogP contribution in [0.3, 0.4) is 0 Å². The highest BCUT2D eigenvalue weighted by atomic mass is 19.1. The molecule has 2 unspecified atom stereocenters. The zero-order valence-corrected chi connectivity index (χ0v) is 14.7. The van der Waals surface area contributed by atoms with Crippen molar-refractivity contribution in [2.75, 3.05) is 22.9 Å². The van der Waals surface area contributed by atoms with Crippen molar-refractivity contribution in [3.05, 3.63) is 47.9 Å². The Hall–Kier alpha value is -2.83. The molecule has 0 saturated carbocycles. The van der Waals surface area contributed by atoms with Crippen LogP contribution in [0.4, 0.5) is 16.0 Å². The third kappa shape index (κ3) is 2.38. The number of piperazine rings is 1. The van der Waals surface area contributed by atoms with Gasteiger partial charge >= 0.3 is 0 Å². The summed E-state index contributed by atoms with van der Waals surface area (Å²) in [6, 6.07) is 7.53. The standard InChI is InChI=1S/C19H19FN6/c1-11-5-18(24-12(2)23-11)25-8-14-7-15(9-25)26(14)19-16-4-3-13(20)6-17(16)21-10-22-19/h3-6,10,14-15H,7-9H2,1-2H3. The Bertz CT molecular complexity index is 974. The summed E-state index contributed by atoms with van der Waals surface area (Å²) < 4.78 is 13.5. The topological polar surface area (TPSA) is 58.0 Å². The molecule has 2 bridgehead atoms. The highest BCUT2D eigenvalue weighted by molar-refractivity contribution is 5.90. The highest BCUT2D eigenvalue weighted by Crippen LogP contribution is 2.39. The number of nitrogens with zero attached hydrogens (tertiary/aromatic N) is 6. The van der Waals surface area contributed by atoms with Crippen LogP contribution in [-0.2, 0) is 0 Å². The number of benzene rings is 1. The lowest BCUT2D eigenvalue weighted by atomic mass is 9.87. The van der Waals surface area contributed by atoms with Crippen LogP contribution in [0.2, 0.25) is 0 Å². The predicted octanol–water partition coefficient (Wildman–Crippen LogP) is 2.64. The molecular formula is C19H19FN6. The lowest BCUT2D eigenvalue weighted by Crippen LogP contribution is -2.69. The Labute approximate surface area is 150 Å². The van der Waals surface area contributed by atoms with Crippen molar-refractivity contribution < 1.29 is 4.39 Å². The molecule has 0 amide bonds. The molecule has 2 atom stereocenters. The first-order valence-electron chi connectivity index (χ1n) is 8.84. The Morgan fingerprint density at radius 3 is 2.62 bits per heavy atom. The molecule has 0 radical (unpaired) electrons. The van der Waals surface area contributed by atoms with Crippen LogP contribution in [0.25, 0.3) is 10.9 Å². The van der Waals surface area contributed by atoms with Crippen LogP contribution in [0, 0.1) is 19.7 Å². The van der Waals surface area contributed by atoms with Crippen LogP contribution in [-0.4, -0.2) is 45.1 Å². The fourth-order valence-electron chi connectivity index (χ4n) is 4.22. The SMILES string of the molecule is Cc1cc(N2CC3CC(C2)N3c2ncnc3cc(F)ccc23)nc(C)n1. The Morgan fingerprint density at radius 2 is 1.85 bits per heavy atom. The van der Waals surface area contributed by atoms with E-state index in [-0.39, 0.29) is 5.82 Å². The van der Waals surface area contributed by atoms with Gasteiger partial charge in [0.05, 0.1) is 17.6 Å². The smallest absolute Gasteiger partial charge is 0.140 e. The monoisotopic (exact) mass is 350 g/mol. The van der Waals surface area contributed by atoms with Gasteiger partial charge in [0, 0.05) is 36.3 Å². The number of rotatable bonds is 2. The molecule has 132 valence electrons. The molecular weight excluding hydrogens is 331 g/mol. The van der Waals surface area contributed by atoms with Gasteiger partial charge in [0.2, 0.25) is 0 Å². The molecule has 3 fully saturated rings.